The van der Waals surface area contributed by atoms with Crippen molar-refractivity contribution in [2.75, 3.05) is 10.7 Å². The Morgan fingerprint density at radius 1 is 1.32 bits per heavy atom. The Balaban J connectivity index is 1.96. The van der Waals surface area contributed by atoms with Crippen LogP contribution in [0.4, 0.5) is 11.4 Å². The quantitative estimate of drug-likeness (QED) is 0.453. The number of nitro benzene ring substituents is 1. The maximum absolute atomic E-state index is 12.9. The van der Waals surface area contributed by atoms with Gasteiger partial charge in [-0.15, -0.1) is 11.8 Å². The number of rotatable bonds is 5. The number of carbonyl (C=O) groups is 3. The normalized spacial score (nSPS) is 21.3. The van der Waals surface area contributed by atoms with E-state index in [4.69, 9.17) is 0 Å². The zero-order valence-corrected chi connectivity index (χ0v) is 16.3. The smallest absolute Gasteiger partial charge is 0.352 e. The first-order valence-corrected chi connectivity index (χ1v) is 9.65. The van der Waals surface area contributed by atoms with Gasteiger partial charge in [-0.1, -0.05) is 13.8 Å². The van der Waals surface area contributed by atoms with Crippen LogP contribution < -0.4 is 4.90 Å². The topological polar surface area (TPSA) is 121 Å². The van der Waals surface area contributed by atoms with E-state index in [1.165, 1.54) is 52.8 Å². The number of hydrogen-bond donors (Lipinski definition) is 1. The van der Waals surface area contributed by atoms with E-state index in [0.29, 0.717) is 17.0 Å². The Bertz CT molecular complexity index is 895. The summed E-state index contributed by atoms with van der Waals surface area (Å²) in [5.41, 5.74) is 0.906. The van der Waals surface area contributed by atoms with Crippen LogP contribution in [0.25, 0.3) is 0 Å². The highest BCUT2D eigenvalue weighted by molar-refractivity contribution is 8.00. The molecule has 2 aliphatic rings. The second-order valence-electron chi connectivity index (χ2n) is 6.85. The number of non-ortho nitro benzene ring substituents is 1. The predicted molar refractivity (Wildman–Crippen MR) is 103 cm³/mol. The molecule has 0 aromatic heterocycles. The van der Waals surface area contributed by atoms with E-state index < -0.39 is 34.1 Å². The third-order valence-corrected chi connectivity index (χ3v) is 6.11. The minimum atomic E-state index is -1.16. The molecule has 9 nitrogen and oxygen atoms in total. The number of nitro groups is 1. The number of β-lactam (4-membered cyclic amide) rings is 1. The van der Waals surface area contributed by atoms with Crippen LogP contribution in [0.15, 0.2) is 35.5 Å². The number of anilines is 1. The summed E-state index contributed by atoms with van der Waals surface area (Å²) in [6.07, 6.45) is 0. The summed E-state index contributed by atoms with van der Waals surface area (Å²) < 4.78 is 0. The maximum Gasteiger partial charge on any atom is 0.352 e. The van der Waals surface area contributed by atoms with Gasteiger partial charge in [0.25, 0.3) is 11.6 Å². The SMILES string of the molecule is CC(=O)N(c1ccc([N+](=O)[O-])cc1)C1C(=O)N2C(C(=O)O)=C(C(C)C)CS[C@@H]12. The molecule has 10 heteroatoms. The summed E-state index contributed by atoms with van der Waals surface area (Å²) in [6.45, 7) is 5.05. The van der Waals surface area contributed by atoms with Gasteiger partial charge in [0.1, 0.15) is 17.1 Å². The van der Waals surface area contributed by atoms with Crippen LogP contribution in [0, 0.1) is 16.0 Å². The molecule has 0 saturated carbocycles. The number of amides is 2. The zero-order valence-electron chi connectivity index (χ0n) is 15.5. The Morgan fingerprint density at radius 2 is 1.93 bits per heavy atom. The zero-order chi connectivity index (χ0) is 20.7. The van der Waals surface area contributed by atoms with Crippen molar-refractivity contribution in [2.24, 2.45) is 5.92 Å². The molecule has 0 spiro atoms. The molecule has 148 valence electrons. The van der Waals surface area contributed by atoms with Gasteiger partial charge in [0.15, 0.2) is 0 Å². The fraction of sp³-hybridized carbons (Fsp3) is 0.389. The minimum absolute atomic E-state index is 0.00722. The molecule has 2 atom stereocenters. The Labute approximate surface area is 165 Å². The van der Waals surface area contributed by atoms with Crippen LogP contribution in [0.2, 0.25) is 0 Å². The van der Waals surface area contributed by atoms with Crippen LogP contribution >= 0.6 is 11.8 Å². The highest BCUT2D eigenvalue weighted by Crippen LogP contribution is 2.45. The van der Waals surface area contributed by atoms with Gasteiger partial charge in [-0.25, -0.2) is 4.79 Å². The van der Waals surface area contributed by atoms with E-state index >= 15 is 0 Å². The van der Waals surface area contributed by atoms with Crippen LogP contribution in [0.1, 0.15) is 20.8 Å². The number of hydrogen-bond acceptors (Lipinski definition) is 6. The first-order valence-electron chi connectivity index (χ1n) is 8.60. The number of carboxylic acid groups (broad SMARTS) is 1. The number of carboxylic acids is 1. The molecule has 1 fully saturated rings. The molecule has 2 amide bonds. The van der Waals surface area contributed by atoms with E-state index in [1.54, 1.807) is 0 Å². The van der Waals surface area contributed by atoms with Crippen LogP contribution in [0.3, 0.4) is 0 Å². The van der Waals surface area contributed by atoms with Gasteiger partial charge in [0, 0.05) is 30.5 Å². The minimum Gasteiger partial charge on any atom is -0.477 e. The molecule has 0 aliphatic carbocycles. The average molecular weight is 405 g/mol. The number of benzene rings is 1. The first-order chi connectivity index (χ1) is 13.1. The van der Waals surface area contributed by atoms with E-state index in [1.807, 2.05) is 13.8 Å². The molecule has 1 aromatic carbocycles. The Hall–Kier alpha value is -2.88. The largest absolute Gasteiger partial charge is 0.477 e. The summed E-state index contributed by atoms with van der Waals surface area (Å²) in [7, 11) is 0. The van der Waals surface area contributed by atoms with Gasteiger partial charge in [0.05, 0.1) is 4.92 Å². The fourth-order valence-corrected chi connectivity index (χ4v) is 5.04. The average Bonchev–Trinajstić information content (AvgIpc) is 2.64. The van der Waals surface area contributed by atoms with Gasteiger partial charge in [0.2, 0.25) is 5.91 Å². The van der Waals surface area contributed by atoms with Gasteiger partial charge in [-0.3, -0.25) is 29.5 Å². The molecule has 28 heavy (non-hydrogen) atoms. The van der Waals surface area contributed by atoms with Crippen LogP contribution in [-0.2, 0) is 14.4 Å². The number of fused-ring (bicyclic) bond motifs is 1. The summed E-state index contributed by atoms with van der Waals surface area (Å²) in [4.78, 5) is 49.8. The molecule has 1 aromatic rings. The van der Waals surface area contributed by atoms with E-state index in [9.17, 15) is 29.6 Å². The van der Waals surface area contributed by atoms with Gasteiger partial charge >= 0.3 is 5.97 Å². The van der Waals surface area contributed by atoms with Crippen molar-refractivity contribution < 1.29 is 24.4 Å². The molecule has 2 heterocycles. The van der Waals surface area contributed by atoms with E-state index in [0.717, 1.165) is 0 Å². The molecule has 3 rings (SSSR count). The third-order valence-electron chi connectivity index (χ3n) is 4.83. The monoisotopic (exact) mass is 405 g/mol. The molecule has 0 bridgehead atoms. The Morgan fingerprint density at radius 3 is 2.39 bits per heavy atom. The van der Waals surface area contributed by atoms with Gasteiger partial charge in [-0.2, -0.15) is 0 Å². The lowest BCUT2D eigenvalue weighted by Gasteiger charge is -2.53. The maximum atomic E-state index is 12.9. The van der Waals surface area contributed by atoms with Gasteiger partial charge in [-0.05, 0) is 23.6 Å². The van der Waals surface area contributed by atoms with Crippen molar-refractivity contribution in [1.82, 2.24) is 4.90 Å². The predicted octanol–water partition coefficient (Wildman–Crippen LogP) is 2.23. The molecule has 1 N–H and O–H groups in total. The number of thioether (sulfide) groups is 1. The lowest BCUT2D eigenvalue weighted by molar-refractivity contribution is -0.384. The molecule has 0 radical (unpaired) electrons. The van der Waals surface area contributed by atoms with Crippen molar-refractivity contribution in [3.8, 4) is 0 Å². The molecule has 1 saturated heterocycles. The standard InChI is InChI=1S/C18H19N3O6S/c1-9(2)13-8-28-17-15(16(23)20(17)14(13)18(24)25)19(10(3)22)11-4-6-12(7-5-11)21(26)27/h4-7,9,15,17H,8H2,1-3H3,(H,24,25)/t15?,17-/m0/s1. The second-order valence-corrected chi connectivity index (χ2v) is 7.96. The van der Waals surface area contributed by atoms with Gasteiger partial charge < -0.3 is 5.11 Å². The van der Waals surface area contributed by atoms with Crippen LogP contribution in [-0.4, -0.2) is 49.9 Å². The van der Waals surface area contributed by atoms with E-state index in [2.05, 4.69) is 0 Å². The summed E-state index contributed by atoms with van der Waals surface area (Å²) in [5.74, 6) is -1.60. The molecular weight excluding hydrogens is 386 g/mol. The van der Waals surface area contributed by atoms with Crippen molar-refractivity contribution in [3.63, 3.8) is 0 Å². The summed E-state index contributed by atoms with van der Waals surface area (Å²) in [6, 6.07) is 4.50. The highest BCUT2D eigenvalue weighted by Gasteiger charge is 2.57. The second kappa shape index (κ2) is 7.27. The molecule has 1 unspecified atom stereocenters. The van der Waals surface area contributed by atoms with Crippen LogP contribution in [0.5, 0.6) is 0 Å². The Kier molecular flexibility index (Phi) is 5.16. The van der Waals surface area contributed by atoms with Crippen molar-refractivity contribution >= 4 is 40.9 Å². The summed E-state index contributed by atoms with van der Waals surface area (Å²) in [5, 5.41) is 20.0. The highest BCUT2D eigenvalue weighted by atomic mass is 32.2. The third kappa shape index (κ3) is 3.13. The van der Waals surface area contributed by atoms with E-state index in [-0.39, 0.29) is 17.3 Å². The van der Waals surface area contributed by atoms with Crippen molar-refractivity contribution in [2.45, 2.75) is 32.2 Å². The molecular formula is C18H19N3O6S. The number of nitrogens with zero attached hydrogens (tertiary/aromatic N) is 3. The van der Waals surface area contributed by atoms with Crippen molar-refractivity contribution in [1.29, 1.82) is 0 Å². The fourth-order valence-electron chi connectivity index (χ4n) is 3.44. The number of carbonyl (C=O) groups excluding carboxylic acids is 2. The lowest BCUT2D eigenvalue weighted by Crippen LogP contribution is -2.71. The summed E-state index contributed by atoms with van der Waals surface area (Å²) >= 11 is 1.41. The lowest BCUT2D eigenvalue weighted by atomic mass is 9.96. The first kappa shape index (κ1) is 19.9. The molecule has 2 aliphatic heterocycles. The number of aliphatic carboxylic acids is 1. The van der Waals surface area contributed by atoms with Crippen molar-refractivity contribution in [3.05, 3.63) is 45.6 Å².